The van der Waals surface area contributed by atoms with Crippen LogP contribution in [-0.2, 0) is 15.7 Å². The van der Waals surface area contributed by atoms with Crippen LogP contribution in [0.3, 0.4) is 0 Å². The third-order valence-electron chi connectivity index (χ3n) is 2.43. The number of nitrogens with zero attached hydrogens (tertiary/aromatic N) is 1. The van der Waals surface area contributed by atoms with E-state index < -0.39 is 9.84 Å². The number of imidazole rings is 1. The number of aromatic amines is 1. The molecule has 0 amide bonds. The lowest BCUT2D eigenvalue weighted by Gasteiger charge is -2.02. The number of rotatable bonds is 2. The van der Waals surface area contributed by atoms with E-state index in [1.807, 2.05) is 0 Å². The number of halogens is 2. The van der Waals surface area contributed by atoms with E-state index in [0.717, 1.165) is 5.52 Å². The van der Waals surface area contributed by atoms with Gasteiger partial charge in [-0.1, -0.05) is 0 Å². The summed E-state index contributed by atoms with van der Waals surface area (Å²) in [5, 5.41) is 0. The van der Waals surface area contributed by atoms with E-state index in [1.54, 1.807) is 19.1 Å². The number of aromatic nitrogens is 2. The van der Waals surface area contributed by atoms with Crippen LogP contribution in [0.15, 0.2) is 17.0 Å². The lowest BCUT2D eigenvalue weighted by molar-refractivity contribution is 0.601. The molecule has 0 aliphatic carbocycles. The predicted molar refractivity (Wildman–Crippen MR) is 70.7 cm³/mol. The summed E-state index contributed by atoms with van der Waals surface area (Å²) < 4.78 is 23.0. The summed E-state index contributed by atoms with van der Waals surface area (Å²) in [7, 11) is -3.21. The zero-order valence-electron chi connectivity index (χ0n) is 9.32. The van der Waals surface area contributed by atoms with Crippen LogP contribution in [0.25, 0.3) is 11.0 Å². The second-order valence-corrected chi connectivity index (χ2v) is 5.93. The van der Waals surface area contributed by atoms with Gasteiger partial charge in [0.2, 0.25) is 0 Å². The normalized spacial score (nSPS) is 11.5. The molecule has 0 aliphatic heterocycles. The Labute approximate surface area is 111 Å². The predicted octanol–water partition coefficient (Wildman–Crippen LogP) is 2.44. The van der Waals surface area contributed by atoms with Gasteiger partial charge in [-0.2, -0.15) is 0 Å². The summed E-state index contributed by atoms with van der Waals surface area (Å²) in [6, 6.07) is 3.30. The Bertz CT molecular complexity index is 650. The second kappa shape index (κ2) is 4.84. The zero-order chi connectivity index (χ0) is 11.9. The van der Waals surface area contributed by atoms with Crippen LogP contribution < -0.4 is 0 Å². The Kier molecular flexibility index (Phi) is 4.06. The fourth-order valence-electron chi connectivity index (χ4n) is 1.71. The Morgan fingerprint density at radius 2 is 2.06 bits per heavy atom. The van der Waals surface area contributed by atoms with Gasteiger partial charge >= 0.3 is 0 Å². The molecule has 0 radical (unpaired) electrons. The van der Waals surface area contributed by atoms with E-state index in [-0.39, 0.29) is 18.3 Å². The van der Waals surface area contributed by atoms with Crippen LogP contribution in [0.4, 0.5) is 0 Å². The van der Waals surface area contributed by atoms with Crippen molar-refractivity contribution in [2.45, 2.75) is 17.7 Å². The summed E-state index contributed by atoms with van der Waals surface area (Å²) in [4.78, 5) is 7.59. The van der Waals surface area contributed by atoms with Crippen LogP contribution in [0.1, 0.15) is 11.4 Å². The number of nitrogens with one attached hydrogen (secondary N) is 1. The van der Waals surface area contributed by atoms with Crippen LogP contribution in [0, 0.1) is 6.92 Å². The van der Waals surface area contributed by atoms with Crippen molar-refractivity contribution in [3.63, 3.8) is 0 Å². The number of fused-ring (bicyclic) bond motifs is 1. The fraction of sp³-hybridized carbons (Fsp3) is 0.300. The first-order valence-electron chi connectivity index (χ1n) is 4.67. The third kappa shape index (κ3) is 2.56. The molecule has 1 aromatic heterocycles. The summed E-state index contributed by atoms with van der Waals surface area (Å²) in [5.74, 6) is 0.924. The Morgan fingerprint density at radius 3 is 2.59 bits per heavy atom. The molecule has 0 aliphatic rings. The van der Waals surface area contributed by atoms with E-state index in [9.17, 15) is 8.42 Å². The molecule has 0 bridgehead atoms. The molecule has 0 unspecified atom stereocenters. The molecule has 1 heterocycles. The number of sulfone groups is 1. The van der Waals surface area contributed by atoms with Crippen molar-refractivity contribution in [3.8, 4) is 0 Å². The van der Waals surface area contributed by atoms with Crippen molar-refractivity contribution in [1.29, 1.82) is 0 Å². The van der Waals surface area contributed by atoms with E-state index in [1.165, 1.54) is 6.26 Å². The molecule has 7 heteroatoms. The monoisotopic (exact) mass is 294 g/mol. The van der Waals surface area contributed by atoms with Gasteiger partial charge in [0.25, 0.3) is 0 Å². The summed E-state index contributed by atoms with van der Waals surface area (Å²) >= 11 is 5.67. The first-order chi connectivity index (χ1) is 7.43. The molecule has 0 spiro atoms. The van der Waals surface area contributed by atoms with Gasteiger partial charge in [-0.15, -0.1) is 24.0 Å². The number of H-pyrrole nitrogens is 1. The van der Waals surface area contributed by atoms with Gasteiger partial charge in [-0.05, 0) is 24.6 Å². The smallest absolute Gasteiger partial charge is 0.175 e. The van der Waals surface area contributed by atoms with Crippen molar-refractivity contribution in [2.24, 2.45) is 0 Å². The van der Waals surface area contributed by atoms with Crippen LogP contribution in [0.2, 0.25) is 0 Å². The highest BCUT2D eigenvalue weighted by atomic mass is 35.5. The van der Waals surface area contributed by atoms with Gasteiger partial charge in [0.1, 0.15) is 5.82 Å². The third-order valence-corrected chi connectivity index (χ3v) is 3.93. The summed E-state index contributed by atoms with van der Waals surface area (Å²) in [6.07, 6.45) is 1.19. The number of alkyl halides is 1. The molecule has 1 N–H and O–H groups in total. The largest absolute Gasteiger partial charge is 0.341 e. The van der Waals surface area contributed by atoms with Gasteiger partial charge in [0, 0.05) is 6.26 Å². The van der Waals surface area contributed by atoms with Crippen molar-refractivity contribution >= 4 is 44.9 Å². The van der Waals surface area contributed by atoms with Gasteiger partial charge in [-0.3, -0.25) is 0 Å². The standard InChI is InChI=1S/C10H11ClN2O2S.ClH/c1-6-8(16(2,14)15)4-3-7-10(6)13-9(5-11)12-7;/h3-4H,5H2,1-2H3,(H,12,13);1H. The molecule has 2 aromatic rings. The van der Waals surface area contributed by atoms with Crippen LogP contribution in [-0.4, -0.2) is 24.6 Å². The summed E-state index contributed by atoms with van der Waals surface area (Å²) in [5.41, 5.74) is 2.13. The molecule has 0 saturated carbocycles. The Morgan fingerprint density at radius 1 is 1.41 bits per heavy atom. The topological polar surface area (TPSA) is 62.8 Å². The maximum absolute atomic E-state index is 11.5. The maximum Gasteiger partial charge on any atom is 0.175 e. The number of hydrogen-bond donors (Lipinski definition) is 1. The molecular weight excluding hydrogens is 283 g/mol. The van der Waals surface area contributed by atoms with Crippen LogP contribution >= 0.6 is 24.0 Å². The molecule has 1 aromatic carbocycles. The minimum atomic E-state index is -3.21. The molecule has 17 heavy (non-hydrogen) atoms. The minimum absolute atomic E-state index is 0. The van der Waals surface area contributed by atoms with Crippen molar-refractivity contribution in [3.05, 3.63) is 23.5 Å². The quantitative estimate of drug-likeness (QED) is 0.866. The molecule has 94 valence electrons. The van der Waals surface area contributed by atoms with E-state index in [4.69, 9.17) is 11.6 Å². The number of hydrogen-bond acceptors (Lipinski definition) is 3. The minimum Gasteiger partial charge on any atom is -0.341 e. The van der Waals surface area contributed by atoms with Crippen LogP contribution in [0.5, 0.6) is 0 Å². The van der Waals surface area contributed by atoms with E-state index in [2.05, 4.69) is 9.97 Å². The van der Waals surface area contributed by atoms with Gasteiger partial charge in [0.05, 0.1) is 21.8 Å². The lowest BCUT2D eigenvalue weighted by atomic mass is 10.2. The Balaban J connectivity index is 0.00000144. The van der Waals surface area contributed by atoms with Crippen molar-refractivity contribution in [2.75, 3.05) is 6.26 Å². The Hall–Kier alpha value is -0.780. The molecule has 0 atom stereocenters. The van der Waals surface area contributed by atoms with E-state index in [0.29, 0.717) is 21.8 Å². The van der Waals surface area contributed by atoms with E-state index >= 15 is 0 Å². The molecule has 2 rings (SSSR count). The highest BCUT2D eigenvalue weighted by molar-refractivity contribution is 7.90. The van der Waals surface area contributed by atoms with Crippen molar-refractivity contribution < 1.29 is 8.42 Å². The highest BCUT2D eigenvalue weighted by Gasteiger charge is 2.15. The maximum atomic E-state index is 11.5. The average molecular weight is 295 g/mol. The fourth-order valence-corrected chi connectivity index (χ4v) is 2.80. The van der Waals surface area contributed by atoms with Crippen molar-refractivity contribution in [1.82, 2.24) is 9.97 Å². The lowest BCUT2D eigenvalue weighted by Crippen LogP contribution is -2.00. The average Bonchev–Trinajstić information content (AvgIpc) is 2.60. The highest BCUT2D eigenvalue weighted by Crippen LogP contribution is 2.23. The molecule has 0 saturated heterocycles. The van der Waals surface area contributed by atoms with Gasteiger partial charge in [-0.25, -0.2) is 13.4 Å². The SMILES string of the molecule is Cc1c(S(C)(=O)=O)ccc2[nH]c(CCl)nc12.Cl. The second-order valence-electron chi connectivity index (χ2n) is 3.67. The molecular formula is C10H12Cl2N2O2S. The first-order valence-corrected chi connectivity index (χ1v) is 7.10. The zero-order valence-corrected chi connectivity index (χ0v) is 11.7. The number of aryl methyl sites for hydroxylation is 1. The molecule has 4 nitrogen and oxygen atoms in total. The number of benzene rings is 1. The molecule has 0 fully saturated rings. The van der Waals surface area contributed by atoms with Gasteiger partial charge < -0.3 is 4.98 Å². The first kappa shape index (κ1) is 14.3. The summed E-state index contributed by atoms with van der Waals surface area (Å²) in [6.45, 7) is 1.75. The van der Waals surface area contributed by atoms with Gasteiger partial charge in [0.15, 0.2) is 9.84 Å².